The molecule has 1 aromatic carbocycles. The Morgan fingerprint density at radius 1 is 1.35 bits per heavy atom. The predicted octanol–water partition coefficient (Wildman–Crippen LogP) is 2.46. The van der Waals surface area contributed by atoms with Gasteiger partial charge in [0.1, 0.15) is 5.75 Å². The highest BCUT2D eigenvalue weighted by Crippen LogP contribution is 2.55. The monoisotopic (exact) mass is 232 g/mol. The second-order valence-corrected chi connectivity index (χ2v) is 5.28. The Labute approximate surface area is 100 Å². The van der Waals surface area contributed by atoms with E-state index in [1.807, 2.05) is 6.07 Å². The first-order chi connectivity index (χ1) is 8.13. The molecule has 3 rings (SSSR count). The average Bonchev–Trinajstić information content (AvgIpc) is 2.25. The third-order valence-electron chi connectivity index (χ3n) is 4.54. The van der Waals surface area contributed by atoms with Crippen LogP contribution < -0.4 is 0 Å². The van der Waals surface area contributed by atoms with Crippen molar-refractivity contribution >= 4 is 5.97 Å². The van der Waals surface area contributed by atoms with E-state index < -0.39 is 5.97 Å². The summed E-state index contributed by atoms with van der Waals surface area (Å²) >= 11 is 0. The highest BCUT2D eigenvalue weighted by atomic mass is 16.4. The number of aryl methyl sites for hydroxylation is 1. The SMILES string of the molecule is O=C(O)C1CCC12CCCc1ccc(O)cc12. The van der Waals surface area contributed by atoms with Crippen molar-refractivity contribution in [3.05, 3.63) is 29.3 Å². The highest BCUT2D eigenvalue weighted by Gasteiger charge is 2.53. The van der Waals surface area contributed by atoms with Gasteiger partial charge in [-0.1, -0.05) is 6.07 Å². The molecule has 3 heteroatoms. The molecule has 1 aromatic rings. The number of fused-ring (bicyclic) bond motifs is 2. The maximum Gasteiger partial charge on any atom is 0.307 e. The molecule has 2 unspecified atom stereocenters. The fourth-order valence-electron chi connectivity index (χ4n) is 3.59. The molecule has 17 heavy (non-hydrogen) atoms. The van der Waals surface area contributed by atoms with Gasteiger partial charge in [-0.25, -0.2) is 0 Å². The number of aromatic hydroxyl groups is 1. The quantitative estimate of drug-likeness (QED) is 0.782. The maximum atomic E-state index is 11.3. The minimum atomic E-state index is -0.688. The minimum Gasteiger partial charge on any atom is -0.508 e. The largest absolute Gasteiger partial charge is 0.508 e. The Morgan fingerprint density at radius 2 is 2.18 bits per heavy atom. The molecule has 3 nitrogen and oxygen atoms in total. The van der Waals surface area contributed by atoms with Crippen molar-refractivity contribution in [2.24, 2.45) is 5.92 Å². The second kappa shape index (κ2) is 3.49. The molecule has 0 amide bonds. The molecule has 0 aliphatic heterocycles. The van der Waals surface area contributed by atoms with E-state index in [1.165, 1.54) is 5.56 Å². The van der Waals surface area contributed by atoms with Gasteiger partial charge in [0, 0.05) is 5.41 Å². The first kappa shape index (κ1) is 10.6. The first-order valence-corrected chi connectivity index (χ1v) is 6.19. The summed E-state index contributed by atoms with van der Waals surface area (Å²) in [4.78, 5) is 11.3. The van der Waals surface area contributed by atoms with Gasteiger partial charge in [0.25, 0.3) is 0 Å². The van der Waals surface area contributed by atoms with Crippen LogP contribution in [0.1, 0.15) is 36.8 Å². The molecule has 1 fully saturated rings. The van der Waals surface area contributed by atoms with Crippen LogP contribution in [0.2, 0.25) is 0 Å². The Kier molecular flexibility index (Phi) is 2.18. The molecular weight excluding hydrogens is 216 g/mol. The number of aliphatic carboxylic acids is 1. The van der Waals surface area contributed by atoms with Crippen LogP contribution in [0.25, 0.3) is 0 Å². The molecule has 2 atom stereocenters. The average molecular weight is 232 g/mol. The zero-order valence-corrected chi connectivity index (χ0v) is 9.65. The smallest absolute Gasteiger partial charge is 0.307 e. The van der Waals surface area contributed by atoms with E-state index in [1.54, 1.807) is 12.1 Å². The standard InChI is InChI=1S/C14H16O3/c15-10-4-3-9-2-1-6-14(12(9)8-10)7-5-11(14)13(16)17/h3-4,8,11,15H,1-2,5-7H2,(H,16,17). The number of benzene rings is 1. The summed E-state index contributed by atoms with van der Waals surface area (Å²) in [5, 5.41) is 18.9. The van der Waals surface area contributed by atoms with Crippen LogP contribution in [0.4, 0.5) is 0 Å². The summed E-state index contributed by atoms with van der Waals surface area (Å²) in [7, 11) is 0. The summed E-state index contributed by atoms with van der Waals surface area (Å²) in [6.45, 7) is 0. The van der Waals surface area contributed by atoms with Crippen LogP contribution in [-0.4, -0.2) is 16.2 Å². The normalized spacial score (nSPS) is 30.7. The number of phenols is 1. The Bertz CT molecular complexity index is 480. The topological polar surface area (TPSA) is 57.5 Å². The molecule has 0 radical (unpaired) electrons. The lowest BCUT2D eigenvalue weighted by Crippen LogP contribution is -2.50. The summed E-state index contributed by atoms with van der Waals surface area (Å²) in [6.07, 6.45) is 4.72. The molecule has 0 aromatic heterocycles. The number of rotatable bonds is 1. The first-order valence-electron chi connectivity index (χ1n) is 6.19. The fraction of sp³-hybridized carbons (Fsp3) is 0.500. The van der Waals surface area contributed by atoms with E-state index in [0.717, 1.165) is 37.7 Å². The summed E-state index contributed by atoms with van der Waals surface area (Å²) in [6, 6.07) is 5.43. The van der Waals surface area contributed by atoms with E-state index in [2.05, 4.69) is 0 Å². The second-order valence-electron chi connectivity index (χ2n) is 5.28. The van der Waals surface area contributed by atoms with E-state index in [9.17, 15) is 15.0 Å². The lowest BCUT2D eigenvalue weighted by Gasteiger charge is -2.51. The Balaban J connectivity index is 2.10. The third-order valence-corrected chi connectivity index (χ3v) is 4.54. The van der Waals surface area contributed by atoms with Gasteiger partial charge >= 0.3 is 5.97 Å². The highest BCUT2D eigenvalue weighted by molar-refractivity contribution is 5.74. The van der Waals surface area contributed by atoms with Gasteiger partial charge in [-0.05, 0) is 55.4 Å². The Morgan fingerprint density at radius 3 is 2.82 bits per heavy atom. The molecule has 2 aliphatic rings. The van der Waals surface area contributed by atoms with Crippen LogP contribution >= 0.6 is 0 Å². The van der Waals surface area contributed by atoms with E-state index in [0.29, 0.717) is 0 Å². The zero-order chi connectivity index (χ0) is 12.0. The zero-order valence-electron chi connectivity index (χ0n) is 9.65. The molecule has 0 heterocycles. The lowest BCUT2D eigenvalue weighted by atomic mass is 9.52. The van der Waals surface area contributed by atoms with Crippen molar-refractivity contribution in [1.29, 1.82) is 0 Å². The van der Waals surface area contributed by atoms with Crippen LogP contribution in [0, 0.1) is 5.92 Å². The minimum absolute atomic E-state index is 0.196. The summed E-state index contributed by atoms with van der Waals surface area (Å²) < 4.78 is 0. The molecule has 2 aliphatic carbocycles. The van der Waals surface area contributed by atoms with Crippen molar-refractivity contribution in [3.8, 4) is 5.75 Å². The van der Waals surface area contributed by atoms with E-state index >= 15 is 0 Å². The van der Waals surface area contributed by atoms with Crippen molar-refractivity contribution in [1.82, 2.24) is 0 Å². The summed E-state index contributed by atoms with van der Waals surface area (Å²) in [5.74, 6) is -0.697. The summed E-state index contributed by atoms with van der Waals surface area (Å²) in [5.41, 5.74) is 2.11. The van der Waals surface area contributed by atoms with Crippen LogP contribution in [0.5, 0.6) is 5.75 Å². The van der Waals surface area contributed by atoms with Crippen LogP contribution in [0.3, 0.4) is 0 Å². The fourth-order valence-corrected chi connectivity index (χ4v) is 3.59. The number of carboxylic acid groups (broad SMARTS) is 1. The van der Waals surface area contributed by atoms with Gasteiger partial charge < -0.3 is 10.2 Å². The maximum absolute atomic E-state index is 11.3. The van der Waals surface area contributed by atoms with Crippen molar-refractivity contribution in [2.45, 2.75) is 37.5 Å². The molecular formula is C14H16O3. The van der Waals surface area contributed by atoms with Gasteiger partial charge in [0.05, 0.1) is 5.92 Å². The number of carbonyl (C=O) groups is 1. The van der Waals surface area contributed by atoms with E-state index in [4.69, 9.17) is 0 Å². The number of phenolic OH excluding ortho intramolecular Hbond substituents is 1. The molecule has 0 saturated heterocycles. The molecule has 1 saturated carbocycles. The van der Waals surface area contributed by atoms with Crippen molar-refractivity contribution in [2.75, 3.05) is 0 Å². The van der Waals surface area contributed by atoms with Crippen molar-refractivity contribution < 1.29 is 15.0 Å². The predicted molar refractivity (Wildman–Crippen MR) is 63.1 cm³/mol. The van der Waals surface area contributed by atoms with Crippen LogP contribution in [-0.2, 0) is 16.6 Å². The molecule has 1 spiro atoms. The van der Waals surface area contributed by atoms with Gasteiger partial charge in [-0.15, -0.1) is 0 Å². The number of hydrogen-bond acceptors (Lipinski definition) is 2. The van der Waals surface area contributed by atoms with Crippen molar-refractivity contribution in [3.63, 3.8) is 0 Å². The van der Waals surface area contributed by atoms with Gasteiger partial charge in [0.15, 0.2) is 0 Å². The Hall–Kier alpha value is -1.51. The molecule has 90 valence electrons. The van der Waals surface area contributed by atoms with Crippen LogP contribution in [0.15, 0.2) is 18.2 Å². The molecule has 2 N–H and O–H groups in total. The number of carboxylic acids is 1. The van der Waals surface area contributed by atoms with Gasteiger partial charge in [0.2, 0.25) is 0 Å². The third kappa shape index (κ3) is 1.38. The van der Waals surface area contributed by atoms with Gasteiger partial charge in [-0.2, -0.15) is 0 Å². The lowest BCUT2D eigenvalue weighted by molar-refractivity contribution is -0.150. The van der Waals surface area contributed by atoms with Gasteiger partial charge in [-0.3, -0.25) is 4.79 Å². The molecule has 0 bridgehead atoms. The van der Waals surface area contributed by atoms with E-state index in [-0.39, 0.29) is 17.1 Å². The number of hydrogen-bond donors (Lipinski definition) is 2.